The molecule has 0 saturated carbocycles. The molecular formula is C18H17ClN4O3S. The highest BCUT2D eigenvalue weighted by atomic mass is 35.5. The van der Waals surface area contributed by atoms with Crippen LogP contribution in [0.5, 0.6) is 5.75 Å². The third kappa shape index (κ3) is 5.21. The van der Waals surface area contributed by atoms with Gasteiger partial charge in [-0.25, -0.2) is 4.98 Å². The molecular weight excluding hydrogens is 388 g/mol. The van der Waals surface area contributed by atoms with E-state index in [1.807, 2.05) is 30.3 Å². The van der Waals surface area contributed by atoms with Crippen molar-refractivity contribution in [1.29, 1.82) is 0 Å². The van der Waals surface area contributed by atoms with Crippen LogP contribution >= 0.6 is 23.4 Å². The second-order valence-corrected chi connectivity index (χ2v) is 6.94. The number of thioether (sulfide) groups is 1. The highest BCUT2D eigenvalue weighted by Gasteiger charge is 2.14. The van der Waals surface area contributed by atoms with Crippen molar-refractivity contribution in [3.05, 3.63) is 53.3 Å². The van der Waals surface area contributed by atoms with Crippen molar-refractivity contribution >= 4 is 29.3 Å². The lowest BCUT2D eigenvalue weighted by atomic mass is 10.2. The highest BCUT2D eigenvalue weighted by Crippen LogP contribution is 2.25. The van der Waals surface area contributed by atoms with Gasteiger partial charge in [0.05, 0.1) is 12.9 Å². The molecule has 140 valence electrons. The third-order valence-corrected chi connectivity index (χ3v) is 4.72. The first-order valence-corrected chi connectivity index (χ1v) is 9.36. The van der Waals surface area contributed by atoms with Gasteiger partial charge in [0.1, 0.15) is 10.9 Å². The van der Waals surface area contributed by atoms with Crippen molar-refractivity contribution < 1.29 is 13.9 Å². The fourth-order valence-electron chi connectivity index (χ4n) is 2.21. The Morgan fingerprint density at radius 2 is 2.00 bits per heavy atom. The van der Waals surface area contributed by atoms with Crippen LogP contribution in [0, 0.1) is 0 Å². The lowest BCUT2D eigenvalue weighted by molar-refractivity contribution is -0.127. The second-order valence-electron chi connectivity index (χ2n) is 5.63. The normalized spacial score (nSPS) is 10.6. The molecule has 0 unspecified atom stereocenters. The van der Waals surface area contributed by atoms with E-state index in [1.165, 1.54) is 11.8 Å². The van der Waals surface area contributed by atoms with Crippen molar-refractivity contribution in [3.63, 3.8) is 0 Å². The zero-order valence-electron chi connectivity index (χ0n) is 14.8. The van der Waals surface area contributed by atoms with Gasteiger partial charge in [-0.2, -0.15) is 0 Å². The molecule has 2 heterocycles. The highest BCUT2D eigenvalue weighted by molar-refractivity contribution is 7.99. The Balaban J connectivity index is 1.54. The molecule has 1 amide bonds. The quantitative estimate of drug-likeness (QED) is 0.440. The Morgan fingerprint density at radius 3 is 2.67 bits per heavy atom. The van der Waals surface area contributed by atoms with Crippen LogP contribution in [-0.4, -0.2) is 45.9 Å². The van der Waals surface area contributed by atoms with Gasteiger partial charge in [-0.05, 0) is 35.9 Å². The molecule has 3 aromatic rings. The smallest absolute Gasteiger partial charge is 0.277 e. The molecule has 0 radical (unpaired) electrons. The molecule has 27 heavy (non-hydrogen) atoms. The van der Waals surface area contributed by atoms with E-state index in [2.05, 4.69) is 15.2 Å². The van der Waals surface area contributed by atoms with Crippen LogP contribution in [0.1, 0.15) is 5.56 Å². The molecule has 9 heteroatoms. The molecule has 0 aliphatic heterocycles. The maximum absolute atomic E-state index is 12.3. The predicted molar refractivity (Wildman–Crippen MR) is 103 cm³/mol. The number of pyridine rings is 1. The Labute approximate surface area is 165 Å². The summed E-state index contributed by atoms with van der Waals surface area (Å²) in [4.78, 5) is 17.9. The summed E-state index contributed by atoms with van der Waals surface area (Å²) in [6.45, 7) is 0.449. The topological polar surface area (TPSA) is 81.4 Å². The van der Waals surface area contributed by atoms with Crippen molar-refractivity contribution in [2.75, 3.05) is 19.9 Å². The first-order chi connectivity index (χ1) is 13.0. The minimum absolute atomic E-state index is 0.0563. The average molecular weight is 405 g/mol. The monoisotopic (exact) mass is 404 g/mol. The number of aromatic nitrogens is 3. The summed E-state index contributed by atoms with van der Waals surface area (Å²) in [7, 11) is 3.34. The molecule has 3 rings (SSSR count). The van der Waals surface area contributed by atoms with Crippen LogP contribution in [0.4, 0.5) is 0 Å². The first-order valence-electron chi connectivity index (χ1n) is 8.00. The lowest BCUT2D eigenvalue weighted by Gasteiger charge is -2.16. The molecule has 0 atom stereocenters. The minimum Gasteiger partial charge on any atom is -0.497 e. The predicted octanol–water partition coefficient (Wildman–Crippen LogP) is 3.54. The zero-order chi connectivity index (χ0) is 19.2. The van der Waals surface area contributed by atoms with Crippen LogP contribution in [0.3, 0.4) is 0 Å². The van der Waals surface area contributed by atoms with Gasteiger partial charge in [0.2, 0.25) is 11.8 Å². The van der Waals surface area contributed by atoms with E-state index in [0.717, 1.165) is 16.9 Å². The standard InChI is InChI=1S/C18H17ClN4O3S/c1-23(10-12-3-8-15(19)20-9-12)16(24)11-27-18-22-21-17(26-18)13-4-6-14(25-2)7-5-13/h3-9H,10-11H2,1-2H3. The number of carbonyl (C=O) groups excluding carboxylic acids is 1. The maximum atomic E-state index is 12.3. The van der Waals surface area contributed by atoms with Crippen molar-refractivity contribution in [3.8, 4) is 17.2 Å². The Kier molecular flexibility index (Phi) is 6.31. The number of rotatable bonds is 7. The number of halogens is 1. The van der Waals surface area contributed by atoms with Crippen LogP contribution in [0.25, 0.3) is 11.5 Å². The van der Waals surface area contributed by atoms with Gasteiger partial charge in [0, 0.05) is 25.4 Å². The Bertz CT molecular complexity index is 900. The number of nitrogens with zero attached hydrogens (tertiary/aromatic N) is 4. The van der Waals surface area contributed by atoms with E-state index < -0.39 is 0 Å². The Hall–Kier alpha value is -2.58. The molecule has 0 N–H and O–H groups in total. The fourth-order valence-corrected chi connectivity index (χ4v) is 3.03. The summed E-state index contributed by atoms with van der Waals surface area (Å²) in [5, 5.41) is 8.76. The molecule has 0 bridgehead atoms. The number of carbonyl (C=O) groups is 1. The zero-order valence-corrected chi connectivity index (χ0v) is 16.3. The third-order valence-electron chi connectivity index (χ3n) is 3.70. The molecule has 7 nitrogen and oxygen atoms in total. The van der Waals surface area contributed by atoms with Crippen LogP contribution in [0.15, 0.2) is 52.2 Å². The number of ether oxygens (including phenoxy) is 1. The summed E-state index contributed by atoms with van der Waals surface area (Å²) >= 11 is 6.97. The molecule has 2 aromatic heterocycles. The van der Waals surface area contributed by atoms with Gasteiger partial charge in [0.15, 0.2) is 0 Å². The number of hydrogen-bond donors (Lipinski definition) is 0. The summed E-state index contributed by atoms with van der Waals surface area (Å²) in [5.41, 5.74) is 1.69. The fraction of sp³-hybridized carbons (Fsp3) is 0.222. The second kappa shape index (κ2) is 8.88. The van der Waals surface area contributed by atoms with E-state index in [1.54, 1.807) is 31.3 Å². The van der Waals surface area contributed by atoms with Crippen molar-refractivity contribution in [1.82, 2.24) is 20.1 Å². The molecule has 0 aliphatic carbocycles. The molecule has 1 aromatic carbocycles. The van der Waals surface area contributed by atoms with E-state index >= 15 is 0 Å². The average Bonchev–Trinajstić information content (AvgIpc) is 3.17. The summed E-state index contributed by atoms with van der Waals surface area (Å²) in [5.74, 6) is 1.28. The van der Waals surface area contributed by atoms with Crippen LogP contribution < -0.4 is 4.74 Å². The van der Waals surface area contributed by atoms with Gasteiger partial charge in [-0.1, -0.05) is 29.4 Å². The summed E-state index contributed by atoms with van der Waals surface area (Å²) in [6, 6.07) is 10.8. The van der Waals surface area contributed by atoms with Gasteiger partial charge in [-0.15, -0.1) is 10.2 Å². The van der Waals surface area contributed by atoms with Crippen molar-refractivity contribution in [2.24, 2.45) is 0 Å². The van der Waals surface area contributed by atoms with Crippen LogP contribution in [-0.2, 0) is 11.3 Å². The largest absolute Gasteiger partial charge is 0.497 e. The van der Waals surface area contributed by atoms with E-state index in [9.17, 15) is 4.79 Å². The van der Waals surface area contributed by atoms with E-state index in [0.29, 0.717) is 22.8 Å². The number of benzene rings is 1. The molecule has 0 spiro atoms. The van der Waals surface area contributed by atoms with E-state index in [-0.39, 0.29) is 11.7 Å². The lowest BCUT2D eigenvalue weighted by Crippen LogP contribution is -2.27. The number of methoxy groups -OCH3 is 1. The number of hydrogen-bond acceptors (Lipinski definition) is 7. The van der Waals surface area contributed by atoms with Gasteiger partial charge in [-0.3, -0.25) is 4.79 Å². The maximum Gasteiger partial charge on any atom is 0.277 e. The molecule has 0 saturated heterocycles. The van der Waals surface area contributed by atoms with E-state index in [4.69, 9.17) is 20.8 Å². The van der Waals surface area contributed by atoms with Gasteiger partial charge in [0.25, 0.3) is 5.22 Å². The Morgan fingerprint density at radius 1 is 1.22 bits per heavy atom. The summed E-state index contributed by atoms with van der Waals surface area (Å²) < 4.78 is 10.7. The van der Waals surface area contributed by atoms with Crippen LogP contribution in [0.2, 0.25) is 5.15 Å². The summed E-state index contributed by atoms with van der Waals surface area (Å²) in [6.07, 6.45) is 1.65. The SMILES string of the molecule is COc1ccc(-c2nnc(SCC(=O)N(C)Cc3ccc(Cl)nc3)o2)cc1. The number of amides is 1. The minimum atomic E-state index is -0.0563. The van der Waals surface area contributed by atoms with Gasteiger partial charge < -0.3 is 14.1 Å². The first kappa shape index (κ1) is 19.2. The molecule has 0 fully saturated rings. The molecule has 0 aliphatic rings. The van der Waals surface area contributed by atoms with Crippen molar-refractivity contribution in [2.45, 2.75) is 11.8 Å². The van der Waals surface area contributed by atoms with Gasteiger partial charge >= 0.3 is 0 Å².